The lowest BCUT2D eigenvalue weighted by Gasteiger charge is -2.40. The quantitative estimate of drug-likeness (QED) is 0.0826. The number of aliphatic hydroxyl groups excluding tert-OH is 16. The highest BCUT2D eigenvalue weighted by Gasteiger charge is 2.48. The number of fused-ring (bicyclic) bond motifs is 8. The number of nitrogens with zero attached hydrogens (tertiary/aromatic N) is 2. The molecule has 24 nitrogen and oxygen atoms in total. The second-order valence-corrected chi connectivity index (χ2v) is 24.0. The first-order valence-electron chi connectivity index (χ1n) is 30.2. The molecule has 0 spiro atoms. The minimum Gasteiger partial charge on any atom is -0.396 e. The van der Waals surface area contributed by atoms with Crippen molar-refractivity contribution in [2.75, 3.05) is 26.4 Å². The van der Waals surface area contributed by atoms with Crippen molar-refractivity contribution >= 4 is 46.4 Å². The van der Waals surface area contributed by atoms with Gasteiger partial charge in [0.1, 0.15) is 97.7 Å². The van der Waals surface area contributed by atoms with Crippen LogP contribution in [-0.4, -0.2) is 220 Å². The zero-order chi connectivity index (χ0) is 64.5. The molecule has 0 saturated carbocycles. The standard InChI is InChI=1S/C68H70N4O20/c73-25-37-53(77)63(87)68(88)92-64(37)33-9-1-29(2-10-33)49-38-17-19-40(69-38)50(30-3-11-34(12-4-30)65-60(84)57(81)54(78)46(26-74)89-65)42-21-23-44(71-42)52(32-7-15-36(16-8-32)67-62(86)59(83)56(80)48(28-76)91-67)45-24-22-43(72-45)51(41-20-18-39(49)70-41)31-5-13-35(14-6-31)66-61(85)58(82)55(79)47(27-75)90-66/h1-24,37,46-48,53-68,71-88H,25-28H2/t37-,46-,47?,48?,53-,54-,55+,56+,57+,58-,59-,60-,61+,62+,63+,64?,65?,66?,67?,68+/m1/s1. The van der Waals surface area contributed by atoms with Gasteiger partial charge in [0.2, 0.25) is 0 Å². The van der Waals surface area contributed by atoms with Crippen LogP contribution in [0.15, 0.2) is 121 Å². The molecule has 9 heterocycles. The van der Waals surface area contributed by atoms with E-state index in [9.17, 15) is 81.7 Å². The highest BCUT2D eigenvalue weighted by molar-refractivity contribution is 6.00. The zero-order valence-corrected chi connectivity index (χ0v) is 48.9. The Morgan fingerprint density at radius 2 is 0.576 bits per heavy atom. The molecule has 4 aromatic carbocycles. The van der Waals surface area contributed by atoms with Crippen LogP contribution in [0.25, 0.3) is 90.9 Å². The van der Waals surface area contributed by atoms with E-state index in [0.29, 0.717) is 112 Å². The Bertz CT molecular complexity index is 3870. The molecule has 482 valence electrons. The summed E-state index contributed by atoms with van der Waals surface area (Å²) in [6, 6.07) is 35.6. The van der Waals surface area contributed by atoms with Crippen LogP contribution in [0.1, 0.15) is 69.4 Å². The topological polar surface area (TPSA) is 418 Å². The van der Waals surface area contributed by atoms with Crippen molar-refractivity contribution < 1.29 is 101 Å². The Labute approximate surface area is 524 Å². The van der Waals surface area contributed by atoms with Crippen LogP contribution in [0.3, 0.4) is 0 Å². The number of aliphatic hydroxyl groups is 16. The van der Waals surface area contributed by atoms with Gasteiger partial charge in [-0.3, -0.25) is 0 Å². The fraction of sp³-hybridized carbons (Fsp3) is 0.353. The number of benzene rings is 4. The van der Waals surface area contributed by atoms with Crippen molar-refractivity contribution in [3.05, 3.63) is 166 Å². The summed E-state index contributed by atoms with van der Waals surface area (Å²) in [5.74, 6) is -0.991. The summed E-state index contributed by atoms with van der Waals surface area (Å²) >= 11 is 0. The molecule has 92 heavy (non-hydrogen) atoms. The van der Waals surface area contributed by atoms with E-state index in [4.69, 9.17) is 28.9 Å². The molecule has 6 aliphatic rings. The average Bonchev–Trinajstić information content (AvgIpc) is 1.53. The minimum absolute atomic E-state index is 0.440. The highest BCUT2D eigenvalue weighted by atomic mass is 16.6. The second-order valence-electron chi connectivity index (χ2n) is 24.0. The molecule has 3 aromatic heterocycles. The molecule has 20 atom stereocenters. The summed E-state index contributed by atoms with van der Waals surface area (Å²) in [6.45, 7) is -2.41. The number of ether oxygens (including phenoxy) is 4. The Morgan fingerprint density at radius 3 is 0.902 bits per heavy atom. The second kappa shape index (κ2) is 25.9. The molecular formula is C68H70N4O20. The number of hydrogen-bond donors (Lipinski definition) is 18. The van der Waals surface area contributed by atoms with E-state index in [1.54, 1.807) is 97.1 Å². The van der Waals surface area contributed by atoms with Gasteiger partial charge in [-0.2, -0.15) is 0 Å². The van der Waals surface area contributed by atoms with E-state index in [0.717, 1.165) is 0 Å². The lowest BCUT2D eigenvalue weighted by molar-refractivity contribution is -0.275. The van der Waals surface area contributed by atoms with Gasteiger partial charge in [-0.1, -0.05) is 97.1 Å². The Morgan fingerprint density at radius 1 is 0.283 bits per heavy atom. The molecule has 24 heteroatoms. The van der Waals surface area contributed by atoms with Crippen LogP contribution in [0, 0.1) is 5.92 Å². The highest BCUT2D eigenvalue weighted by Crippen LogP contribution is 2.44. The molecule has 4 fully saturated rings. The molecule has 4 saturated heterocycles. The van der Waals surface area contributed by atoms with Crippen molar-refractivity contribution in [2.24, 2.45) is 5.92 Å². The van der Waals surface area contributed by atoms with Crippen LogP contribution in [-0.2, 0) is 18.9 Å². The van der Waals surface area contributed by atoms with Gasteiger partial charge in [-0.25, -0.2) is 9.97 Å². The number of aromatic nitrogens is 4. The van der Waals surface area contributed by atoms with Crippen LogP contribution < -0.4 is 0 Å². The Kier molecular flexibility index (Phi) is 17.8. The third-order valence-corrected chi connectivity index (χ3v) is 18.5. The third-order valence-electron chi connectivity index (χ3n) is 18.5. The molecule has 0 radical (unpaired) electrons. The van der Waals surface area contributed by atoms with Crippen molar-refractivity contribution in [3.63, 3.8) is 0 Å². The number of rotatable bonds is 12. The van der Waals surface area contributed by atoms with Gasteiger partial charge in [-0.05, 0) is 93.1 Å². The van der Waals surface area contributed by atoms with Crippen LogP contribution in [0.2, 0.25) is 0 Å². The predicted octanol–water partition coefficient (Wildman–Crippen LogP) is 1.59. The first-order valence-corrected chi connectivity index (χ1v) is 30.2. The molecule has 18 N–H and O–H groups in total. The van der Waals surface area contributed by atoms with Gasteiger partial charge >= 0.3 is 0 Å². The third kappa shape index (κ3) is 11.3. The summed E-state index contributed by atoms with van der Waals surface area (Å²) in [5.41, 5.74) is 10.9. The molecule has 0 aliphatic carbocycles. The Hall–Kier alpha value is -7.32. The van der Waals surface area contributed by atoms with E-state index in [-0.39, 0.29) is 0 Å². The average molecular weight is 1260 g/mol. The lowest BCUT2D eigenvalue weighted by Crippen LogP contribution is -2.55. The van der Waals surface area contributed by atoms with E-state index >= 15 is 0 Å². The number of H-pyrrole nitrogens is 2. The van der Waals surface area contributed by atoms with Gasteiger partial charge in [0, 0.05) is 50.2 Å². The van der Waals surface area contributed by atoms with Gasteiger partial charge in [0.05, 0.1) is 61.4 Å². The van der Waals surface area contributed by atoms with E-state index < -0.39 is 149 Å². The van der Waals surface area contributed by atoms with Gasteiger partial charge < -0.3 is 111 Å². The monoisotopic (exact) mass is 1260 g/mol. The minimum atomic E-state index is -1.74. The zero-order valence-electron chi connectivity index (χ0n) is 48.9. The largest absolute Gasteiger partial charge is 0.396 e. The summed E-state index contributed by atoms with van der Waals surface area (Å²) < 4.78 is 23.6. The van der Waals surface area contributed by atoms with Crippen molar-refractivity contribution in [3.8, 4) is 44.5 Å². The lowest BCUT2D eigenvalue weighted by atomic mass is 9.85. The van der Waals surface area contributed by atoms with Crippen molar-refractivity contribution in [1.29, 1.82) is 0 Å². The van der Waals surface area contributed by atoms with Crippen LogP contribution >= 0.6 is 0 Å². The first kappa shape index (κ1) is 63.4. The summed E-state index contributed by atoms with van der Waals surface area (Å²) in [5, 5.41) is 170. The van der Waals surface area contributed by atoms with Crippen molar-refractivity contribution in [1.82, 2.24) is 19.9 Å². The number of nitrogens with one attached hydrogen (secondary N) is 2. The number of aromatic amines is 2. The smallest absolute Gasteiger partial charge is 0.184 e. The summed E-state index contributed by atoms with van der Waals surface area (Å²) in [6.07, 6.45) is -19.5. The fourth-order valence-electron chi connectivity index (χ4n) is 13.4. The van der Waals surface area contributed by atoms with Crippen LogP contribution in [0.5, 0.6) is 0 Å². The normalized spacial score (nSPS) is 32.3. The summed E-state index contributed by atoms with van der Waals surface area (Å²) in [7, 11) is 0. The summed E-state index contributed by atoms with van der Waals surface area (Å²) in [4.78, 5) is 18.1. The SMILES string of the molecule is OCC1OC(c2ccc(-c3c4nc(c(-c5ccc(C6O[C@H](O)[C@@H](O)[C@H](O)[C@H]6CO)cc5)c5nc(c(-c6ccc(C7O[C@H](CO)[C@@H](O)[C@H](O)[C@H]7O)cc6)c6ccc([nH]6)c(-c6ccc(C7OC(CO)[C@H](O)[C@@H](O)[C@@H]7O)cc6)c6ccc3[nH]6)C=C5)C=C4)cc2)[C@@H](O)[C@H](O)[C@H]1O. The molecule has 6 aliphatic heterocycles. The molecule has 6 unspecified atom stereocenters. The maximum Gasteiger partial charge on any atom is 0.184 e. The van der Waals surface area contributed by atoms with Gasteiger partial charge in [0.15, 0.2) is 6.29 Å². The Balaban J connectivity index is 1.03. The molecular weight excluding hydrogens is 1190 g/mol. The maximum atomic E-state index is 11.1. The molecule has 7 aromatic rings. The van der Waals surface area contributed by atoms with Gasteiger partial charge in [-0.15, -0.1) is 0 Å². The number of hydrogen-bond acceptors (Lipinski definition) is 22. The van der Waals surface area contributed by atoms with Crippen molar-refractivity contribution in [2.45, 2.75) is 116 Å². The van der Waals surface area contributed by atoms with Gasteiger partial charge in [0.25, 0.3) is 0 Å². The van der Waals surface area contributed by atoms with Crippen LogP contribution in [0.4, 0.5) is 0 Å². The molecule has 0 amide bonds. The molecule has 13 rings (SSSR count). The predicted molar refractivity (Wildman–Crippen MR) is 331 cm³/mol. The molecule has 8 bridgehead atoms. The maximum absolute atomic E-state index is 11.1. The first-order chi connectivity index (χ1) is 44.4. The fourth-order valence-corrected chi connectivity index (χ4v) is 13.4. The van der Waals surface area contributed by atoms with E-state index in [1.165, 1.54) is 0 Å². The van der Waals surface area contributed by atoms with E-state index in [2.05, 4.69) is 9.97 Å². The van der Waals surface area contributed by atoms with E-state index in [1.807, 2.05) is 48.6 Å².